The normalized spacial score (nSPS) is 34.8. The van der Waals surface area contributed by atoms with Crippen molar-refractivity contribution in [1.29, 1.82) is 0 Å². The molecule has 4 heteroatoms. The Morgan fingerprint density at radius 2 is 1.87 bits per heavy atom. The number of hydrogen-bond donors (Lipinski definition) is 2. The zero-order chi connectivity index (χ0) is 11.2. The largest absolute Gasteiger partial charge is 0.444 e. The molecule has 15 heavy (non-hydrogen) atoms. The lowest BCUT2D eigenvalue weighted by Gasteiger charge is -2.22. The summed E-state index contributed by atoms with van der Waals surface area (Å²) in [6.45, 7) is 5.61. The Balaban J connectivity index is 1.72. The molecule has 0 bridgehead atoms. The van der Waals surface area contributed by atoms with Gasteiger partial charge in [0.2, 0.25) is 0 Å². The van der Waals surface area contributed by atoms with Gasteiger partial charge < -0.3 is 15.8 Å². The lowest BCUT2D eigenvalue weighted by Crippen LogP contribution is -2.39. The average Bonchev–Trinajstić information content (AvgIpc) is 2.54. The van der Waals surface area contributed by atoms with Crippen molar-refractivity contribution in [2.24, 2.45) is 17.6 Å². The summed E-state index contributed by atoms with van der Waals surface area (Å²) < 4.78 is 5.20. The molecule has 2 rings (SSSR count). The van der Waals surface area contributed by atoms with E-state index in [1.807, 2.05) is 20.8 Å². The Morgan fingerprint density at radius 1 is 1.33 bits per heavy atom. The van der Waals surface area contributed by atoms with E-state index in [4.69, 9.17) is 10.5 Å². The Labute approximate surface area is 90.5 Å². The van der Waals surface area contributed by atoms with Crippen LogP contribution in [-0.4, -0.2) is 23.8 Å². The van der Waals surface area contributed by atoms with Crippen LogP contribution in [0.2, 0.25) is 0 Å². The van der Waals surface area contributed by atoms with E-state index in [9.17, 15) is 4.79 Å². The van der Waals surface area contributed by atoms with Crippen LogP contribution in [-0.2, 0) is 4.74 Å². The molecule has 0 aliphatic heterocycles. The van der Waals surface area contributed by atoms with Gasteiger partial charge in [-0.15, -0.1) is 0 Å². The smallest absolute Gasteiger partial charge is 0.407 e. The molecule has 4 nitrogen and oxygen atoms in total. The maximum absolute atomic E-state index is 11.5. The Kier molecular flexibility index (Phi) is 2.41. The van der Waals surface area contributed by atoms with Crippen molar-refractivity contribution < 1.29 is 9.53 Å². The van der Waals surface area contributed by atoms with Crippen molar-refractivity contribution in [1.82, 2.24) is 5.32 Å². The first-order chi connectivity index (χ1) is 6.87. The van der Waals surface area contributed by atoms with Gasteiger partial charge in [-0.05, 0) is 45.4 Å². The SMILES string of the molecule is CC(C)(C)OC(=O)NC1C[C@H]2C(N)[C@@H]2C1. The minimum Gasteiger partial charge on any atom is -0.444 e. The Morgan fingerprint density at radius 3 is 2.33 bits per heavy atom. The number of carbonyl (C=O) groups excluding carboxylic acids is 1. The summed E-state index contributed by atoms with van der Waals surface area (Å²) in [6, 6.07) is 0.663. The van der Waals surface area contributed by atoms with E-state index < -0.39 is 5.60 Å². The molecular formula is C11H20N2O2. The average molecular weight is 212 g/mol. The van der Waals surface area contributed by atoms with Crippen LogP contribution in [0.3, 0.4) is 0 Å². The molecule has 0 heterocycles. The van der Waals surface area contributed by atoms with Crippen molar-refractivity contribution >= 4 is 6.09 Å². The molecule has 0 spiro atoms. The summed E-state index contributed by atoms with van der Waals surface area (Å²) in [7, 11) is 0. The number of fused-ring (bicyclic) bond motifs is 1. The maximum Gasteiger partial charge on any atom is 0.407 e. The van der Waals surface area contributed by atoms with Crippen LogP contribution in [0.5, 0.6) is 0 Å². The molecule has 2 saturated carbocycles. The van der Waals surface area contributed by atoms with Crippen molar-refractivity contribution in [2.45, 2.75) is 51.3 Å². The fourth-order valence-corrected chi connectivity index (χ4v) is 2.48. The summed E-state index contributed by atoms with van der Waals surface area (Å²) in [4.78, 5) is 11.5. The van der Waals surface area contributed by atoms with E-state index in [0.29, 0.717) is 17.9 Å². The fraction of sp³-hybridized carbons (Fsp3) is 0.909. The number of ether oxygens (including phenoxy) is 1. The fourth-order valence-electron chi connectivity index (χ4n) is 2.48. The highest BCUT2D eigenvalue weighted by Crippen LogP contribution is 2.50. The first kappa shape index (κ1) is 10.7. The second-order valence-corrected chi connectivity index (χ2v) is 5.72. The molecule has 1 amide bonds. The molecule has 0 saturated heterocycles. The van der Waals surface area contributed by atoms with E-state index in [-0.39, 0.29) is 12.1 Å². The number of amides is 1. The third kappa shape index (κ3) is 2.43. The first-order valence-corrected chi connectivity index (χ1v) is 5.62. The summed E-state index contributed by atoms with van der Waals surface area (Å²) in [5.74, 6) is 1.29. The standard InChI is InChI=1S/C11H20N2O2/c1-11(2,3)15-10(14)13-6-4-7-8(5-6)9(7)12/h6-9H,4-5,12H2,1-3H3,(H,13,14)/t6?,7-,8-,9?/m1/s1. The van der Waals surface area contributed by atoms with Gasteiger partial charge >= 0.3 is 6.09 Å². The van der Waals surface area contributed by atoms with Crippen LogP contribution in [0, 0.1) is 11.8 Å². The Bertz CT molecular complexity index is 260. The number of hydrogen-bond acceptors (Lipinski definition) is 3. The molecule has 0 aromatic heterocycles. The summed E-state index contributed by atoms with van der Waals surface area (Å²) in [6.07, 6.45) is 1.73. The Hall–Kier alpha value is -0.770. The molecule has 3 N–H and O–H groups in total. The van der Waals surface area contributed by atoms with Gasteiger partial charge in [0.15, 0.2) is 0 Å². The number of carbonyl (C=O) groups is 1. The van der Waals surface area contributed by atoms with Crippen LogP contribution >= 0.6 is 0 Å². The number of nitrogens with one attached hydrogen (secondary N) is 1. The van der Waals surface area contributed by atoms with Gasteiger partial charge in [-0.25, -0.2) is 4.79 Å². The zero-order valence-electron chi connectivity index (χ0n) is 9.62. The minimum absolute atomic E-state index is 0.273. The molecular weight excluding hydrogens is 192 g/mol. The van der Waals surface area contributed by atoms with Crippen LogP contribution in [0.4, 0.5) is 4.79 Å². The molecule has 0 aromatic rings. The summed E-state index contributed by atoms with van der Waals surface area (Å²) in [5.41, 5.74) is 5.41. The predicted molar refractivity (Wildman–Crippen MR) is 57.3 cm³/mol. The van der Waals surface area contributed by atoms with E-state index in [1.165, 1.54) is 0 Å². The zero-order valence-corrected chi connectivity index (χ0v) is 9.62. The second-order valence-electron chi connectivity index (χ2n) is 5.72. The van der Waals surface area contributed by atoms with Gasteiger partial charge in [-0.2, -0.15) is 0 Å². The van der Waals surface area contributed by atoms with Crippen LogP contribution in [0.15, 0.2) is 0 Å². The van der Waals surface area contributed by atoms with Crippen molar-refractivity contribution in [2.75, 3.05) is 0 Å². The highest BCUT2D eigenvalue weighted by atomic mass is 16.6. The third-order valence-corrected chi connectivity index (χ3v) is 3.23. The van der Waals surface area contributed by atoms with Gasteiger partial charge in [0.1, 0.15) is 5.60 Å². The number of rotatable bonds is 1. The van der Waals surface area contributed by atoms with Crippen molar-refractivity contribution in [3.63, 3.8) is 0 Å². The number of alkyl carbamates (subject to hydrolysis) is 1. The molecule has 86 valence electrons. The van der Waals surface area contributed by atoms with Gasteiger partial charge in [0.25, 0.3) is 0 Å². The maximum atomic E-state index is 11.5. The molecule has 2 atom stereocenters. The lowest BCUT2D eigenvalue weighted by molar-refractivity contribution is 0.0502. The van der Waals surface area contributed by atoms with Gasteiger partial charge in [-0.3, -0.25) is 0 Å². The van der Waals surface area contributed by atoms with Gasteiger partial charge in [0.05, 0.1) is 0 Å². The van der Waals surface area contributed by atoms with E-state index in [2.05, 4.69) is 5.32 Å². The van der Waals surface area contributed by atoms with Crippen LogP contribution in [0.25, 0.3) is 0 Å². The molecule has 2 fully saturated rings. The van der Waals surface area contributed by atoms with E-state index >= 15 is 0 Å². The third-order valence-electron chi connectivity index (χ3n) is 3.23. The molecule has 0 radical (unpaired) electrons. The van der Waals surface area contributed by atoms with Gasteiger partial charge in [-0.1, -0.05) is 0 Å². The topological polar surface area (TPSA) is 64.3 Å². The van der Waals surface area contributed by atoms with E-state index in [0.717, 1.165) is 12.8 Å². The highest BCUT2D eigenvalue weighted by molar-refractivity contribution is 5.68. The number of nitrogens with two attached hydrogens (primary N) is 1. The molecule has 2 aliphatic rings. The second kappa shape index (κ2) is 3.37. The summed E-state index contributed by atoms with van der Waals surface area (Å²) in [5, 5.41) is 2.90. The lowest BCUT2D eigenvalue weighted by atomic mass is 10.1. The molecule has 0 aromatic carbocycles. The predicted octanol–water partition coefficient (Wildman–Crippen LogP) is 1.25. The van der Waals surface area contributed by atoms with Crippen molar-refractivity contribution in [3.8, 4) is 0 Å². The molecule has 2 aliphatic carbocycles. The van der Waals surface area contributed by atoms with Crippen LogP contribution in [0.1, 0.15) is 33.6 Å². The van der Waals surface area contributed by atoms with Gasteiger partial charge in [0, 0.05) is 12.1 Å². The van der Waals surface area contributed by atoms with E-state index in [1.54, 1.807) is 0 Å². The monoisotopic (exact) mass is 212 g/mol. The molecule has 0 unspecified atom stereocenters. The summed E-state index contributed by atoms with van der Waals surface area (Å²) >= 11 is 0. The quantitative estimate of drug-likeness (QED) is 0.687. The highest BCUT2D eigenvalue weighted by Gasteiger charge is 2.54. The van der Waals surface area contributed by atoms with Crippen molar-refractivity contribution in [3.05, 3.63) is 0 Å². The minimum atomic E-state index is -0.415. The van der Waals surface area contributed by atoms with Crippen LogP contribution < -0.4 is 11.1 Å². The first-order valence-electron chi connectivity index (χ1n) is 5.62.